The molecule has 0 atom stereocenters. The average Bonchev–Trinajstić information content (AvgIpc) is 2.38. The van der Waals surface area contributed by atoms with E-state index in [2.05, 4.69) is 18.0 Å². The summed E-state index contributed by atoms with van der Waals surface area (Å²) in [6.45, 7) is 3.08. The lowest BCUT2D eigenvalue weighted by Crippen LogP contribution is -2.32. The molecule has 0 N–H and O–H groups in total. The Morgan fingerprint density at radius 3 is 2.88 bits per heavy atom. The minimum Gasteiger partial charge on any atom is -0.493 e. The second-order valence-electron chi connectivity index (χ2n) is 4.70. The Bertz CT molecular complexity index is 403. The zero-order valence-corrected chi connectivity index (χ0v) is 10.2. The summed E-state index contributed by atoms with van der Waals surface area (Å²) in [5, 5.41) is 8.80. The summed E-state index contributed by atoms with van der Waals surface area (Å²) in [4.78, 5) is 2.35. The Hall–Kier alpha value is -1.53. The van der Waals surface area contributed by atoms with Crippen LogP contribution in [0, 0.1) is 17.2 Å². The van der Waals surface area contributed by atoms with Crippen molar-refractivity contribution in [2.24, 2.45) is 5.92 Å². The second-order valence-corrected chi connectivity index (χ2v) is 4.70. The van der Waals surface area contributed by atoms with Crippen LogP contribution in [0.4, 0.5) is 0 Å². The molecule has 0 aliphatic carbocycles. The molecule has 1 aromatic carbocycles. The van der Waals surface area contributed by atoms with Gasteiger partial charge in [0.1, 0.15) is 5.75 Å². The van der Waals surface area contributed by atoms with Gasteiger partial charge in [-0.2, -0.15) is 5.26 Å². The van der Waals surface area contributed by atoms with Gasteiger partial charge in [-0.1, -0.05) is 6.07 Å². The van der Waals surface area contributed by atoms with E-state index in [-0.39, 0.29) is 0 Å². The molecule has 3 nitrogen and oxygen atoms in total. The first kappa shape index (κ1) is 11.9. The van der Waals surface area contributed by atoms with Crippen molar-refractivity contribution in [2.75, 3.05) is 26.7 Å². The quantitative estimate of drug-likeness (QED) is 0.799. The molecule has 1 aliphatic heterocycles. The highest BCUT2D eigenvalue weighted by molar-refractivity contribution is 5.36. The molecule has 1 aliphatic rings. The van der Waals surface area contributed by atoms with Crippen molar-refractivity contribution >= 4 is 0 Å². The van der Waals surface area contributed by atoms with Crippen LogP contribution in [0.25, 0.3) is 0 Å². The lowest BCUT2D eigenvalue weighted by atomic mass is 9.98. The lowest BCUT2D eigenvalue weighted by Gasteiger charge is -2.28. The van der Waals surface area contributed by atoms with Gasteiger partial charge in [-0.15, -0.1) is 0 Å². The summed E-state index contributed by atoms with van der Waals surface area (Å²) in [6.07, 6.45) is 2.41. The van der Waals surface area contributed by atoms with Gasteiger partial charge < -0.3 is 9.64 Å². The topological polar surface area (TPSA) is 36.3 Å². The summed E-state index contributed by atoms with van der Waals surface area (Å²) in [6, 6.07) is 9.50. The number of nitrogens with zero attached hydrogens (tertiary/aromatic N) is 2. The van der Waals surface area contributed by atoms with E-state index >= 15 is 0 Å². The Morgan fingerprint density at radius 1 is 1.41 bits per heavy atom. The first-order valence-electron chi connectivity index (χ1n) is 6.09. The Morgan fingerprint density at radius 2 is 2.18 bits per heavy atom. The third-order valence-electron chi connectivity index (χ3n) is 3.29. The number of hydrogen-bond acceptors (Lipinski definition) is 3. The molecule has 0 amide bonds. The third-order valence-corrected chi connectivity index (χ3v) is 3.29. The number of benzene rings is 1. The van der Waals surface area contributed by atoms with Crippen molar-refractivity contribution in [1.29, 1.82) is 5.26 Å². The fourth-order valence-corrected chi connectivity index (χ4v) is 2.10. The Labute approximate surface area is 103 Å². The highest BCUT2D eigenvalue weighted by atomic mass is 16.5. The molecular formula is C14H18N2O. The van der Waals surface area contributed by atoms with Gasteiger partial charge in [0.25, 0.3) is 0 Å². The number of ether oxygens (including phenoxy) is 1. The number of likely N-dealkylation sites (tertiary alicyclic amines) is 1. The molecule has 0 bridgehead atoms. The fraction of sp³-hybridized carbons (Fsp3) is 0.500. The van der Waals surface area contributed by atoms with Crippen LogP contribution in [-0.4, -0.2) is 31.6 Å². The summed E-state index contributed by atoms with van der Waals surface area (Å²) >= 11 is 0. The van der Waals surface area contributed by atoms with Crippen LogP contribution in [-0.2, 0) is 0 Å². The van der Waals surface area contributed by atoms with Crippen molar-refractivity contribution in [1.82, 2.24) is 4.90 Å². The summed E-state index contributed by atoms with van der Waals surface area (Å²) in [7, 11) is 2.16. The second kappa shape index (κ2) is 5.70. The van der Waals surface area contributed by atoms with Crippen LogP contribution < -0.4 is 4.74 Å². The normalized spacial score (nSPS) is 17.6. The Balaban J connectivity index is 1.83. The van der Waals surface area contributed by atoms with Gasteiger partial charge in [-0.05, 0) is 57.1 Å². The van der Waals surface area contributed by atoms with Crippen molar-refractivity contribution < 1.29 is 4.74 Å². The minimum atomic E-state index is 0.650. The van der Waals surface area contributed by atoms with Crippen molar-refractivity contribution in [3.63, 3.8) is 0 Å². The zero-order valence-electron chi connectivity index (χ0n) is 10.2. The van der Waals surface area contributed by atoms with Gasteiger partial charge in [-0.25, -0.2) is 0 Å². The molecule has 90 valence electrons. The van der Waals surface area contributed by atoms with E-state index in [0.717, 1.165) is 25.4 Å². The third kappa shape index (κ3) is 3.47. The number of nitriles is 1. The molecule has 0 unspecified atom stereocenters. The lowest BCUT2D eigenvalue weighted by molar-refractivity contribution is 0.160. The zero-order chi connectivity index (χ0) is 12.1. The van der Waals surface area contributed by atoms with Gasteiger partial charge in [0.15, 0.2) is 0 Å². The van der Waals surface area contributed by atoms with Crippen molar-refractivity contribution in [2.45, 2.75) is 12.8 Å². The van der Waals surface area contributed by atoms with E-state index in [0.29, 0.717) is 11.5 Å². The molecule has 1 heterocycles. The van der Waals surface area contributed by atoms with E-state index in [1.54, 1.807) is 12.1 Å². The minimum absolute atomic E-state index is 0.650. The summed E-state index contributed by atoms with van der Waals surface area (Å²) < 4.78 is 5.75. The molecule has 1 fully saturated rings. The van der Waals surface area contributed by atoms with Crippen LogP contribution in [0.15, 0.2) is 24.3 Å². The maximum absolute atomic E-state index is 8.80. The predicted octanol–water partition coefficient (Wildman–Crippen LogP) is 2.28. The van der Waals surface area contributed by atoms with E-state index in [1.165, 1.54) is 12.8 Å². The highest BCUT2D eigenvalue weighted by Gasteiger charge is 2.16. The van der Waals surface area contributed by atoms with Gasteiger partial charge in [0.2, 0.25) is 0 Å². The molecule has 0 aromatic heterocycles. The van der Waals surface area contributed by atoms with E-state index in [4.69, 9.17) is 10.00 Å². The maximum Gasteiger partial charge on any atom is 0.120 e. The van der Waals surface area contributed by atoms with Crippen LogP contribution in [0.1, 0.15) is 18.4 Å². The number of hydrogen-bond donors (Lipinski definition) is 0. The molecule has 0 spiro atoms. The molecule has 3 heteroatoms. The molecule has 1 aromatic rings. The van der Waals surface area contributed by atoms with E-state index < -0.39 is 0 Å². The smallest absolute Gasteiger partial charge is 0.120 e. The van der Waals surface area contributed by atoms with Crippen LogP contribution in [0.5, 0.6) is 5.75 Å². The standard InChI is InChI=1S/C14H18N2O/c1-16-7-5-12(6-8-16)11-17-14-4-2-3-13(9-14)10-15/h2-4,9,12H,5-8,11H2,1H3. The van der Waals surface area contributed by atoms with Crippen LogP contribution >= 0.6 is 0 Å². The number of rotatable bonds is 3. The van der Waals surface area contributed by atoms with E-state index in [1.807, 2.05) is 12.1 Å². The van der Waals surface area contributed by atoms with Crippen LogP contribution in [0.2, 0.25) is 0 Å². The molecule has 1 saturated heterocycles. The molecular weight excluding hydrogens is 212 g/mol. The molecule has 17 heavy (non-hydrogen) atoms. The predicted molar refractivity (Wildman–Crippen MR) is 66.9 cm³/mol. The van der Waals surface area contributed by atoms with E-state index in [9.17, 15) is 0 Å². The largest absolute Gasteiger partial charge is 0.493 e. The van der Waals surface area contributed by atoms with Crippen LogP contribution in [0.3, 0.4) is 0 Å². The van der Waals surface area contributed by atoms with Gasteiger partial charge in [-0.3, -0.25) is 0 Å². The highest BCUT2D eigenvalue weighted by Crippen LogP contribution is 2.19. The first-order valence-corrected chi connectivity index (χ1v) is 6.09. The van der Waals surface area contributed by atoms with Gasteiger partial charge in [0.05, 0.1) is 18.2 Å². The average molecular weight is 230 g/mol. The molecule has 0 radical (unpaired) electrons. The van der Waals surface area contributed by atoms with Gasteiger partial charge in [0, 0.05) is 0 Å². The summed E-state index contributed by atoms with van der Waals surface area (Å²) in [5.41, 5.74) is 0.658. The first-order chi connectivity index (χ1) is 8.28. The van der Waals surface area contributed by atoms with Crippen molar-refractivity contribution in [3.05, 3.63) is 29.8 Å². The molecule has 2 rings (SSSR count). The Kier molecular flexibility index (Phi) is 4.00. The molecule has 0 saturated carbocycles. The number of piperidine rings is 1. The van der Waals surface area contributed by atoms with Gasteiger partial charge >= 0.3 is 0 Å². The SMILES string of the molecule is CN1CCC(COc2cccc(C#N)c2)CC1. The monoisotopic (exact) mass is 230 g/mol. The maximum atomic E-state index is 8.80. The fourth-order valence-electron chi connectivity index (χ4n) is 2.10. The summed E-state index contributed by atoms with van der Waals surface area (Å²) in [5.74, 6) is 1.46. The van der Waals surface area contributed by atoms with Crippen molar-refractivity contribution in [3.8, 4) is 11.8 Å².